The highest BCUT2D eigenvalue weighted by atomic mass is 32.2. The molecule has 39 heavy (non-hydrogen) atoms. The van der Waals surface area contributed by atoms with Crippen molar-refractivity contribution in [1.82, 2.24) is 28.9 Å². The molecule has 9 nitrogen and oxygen atoms in total. The lowest BCUT2D eigenvalue weighted by Crippen LogP contribution is -2.24. The van der Waals surface area contributed by atoms with Gasteiger partial charge in [-0.2, -0.15) is 10.4 Å². The molecule has 7 rings (SSSR count). The first-order chi connectivity index (χ1) is 18.9. The van der Waals surface area contributed by atoms with Crippen LogP contribution in [0, 0.1) is 11.3 Å². The Balaban J connectivity index is 1.52. The maximum absolute atomic E-state index is 13.6. The molecule has 4 heterocycles. The number of pyridine rings is 1. The standard InChI is InChI=1S/C29H29N7O2S/c1-34-22-14-31-27-24(26(22)36(28(34)37)21-5-3-4-6-21)23(18-7-9-20(10-8-18)29(16-30)11-12-29)25(33-27)19-13-32-35(15-19)17-39(2)38/h7-10,13-15,21H,3-6,11-12,17H2,1-2H3,(H,31,33). The van der Waals surface area contributed by atoms with Gasteiger partial charge in [-0.25, -0.2) is 9.78 Å². The van der Waals surface area contributed by atoms with Crippen LogP contribution in [0.15, 0.2) is 47.7 Å². The highest BCUT2D eigenvalue weighted by Crippen LogP contribution is 2.48. The molecular formula is C29H29N7O2S. The van der Waals surface area contributed by atoms with Crippen molar-refractivity contribution in [3.8, 4) is 28.5 Å². The fourth-order valence-electron chi connectivity index (χ4n) is 6.28. The third kappa shape index (κ3) is 3.71. The molecule has 2 fully saturated rings. The van der Waals surface area contributed by atoms with Gasteiger partial charge in [0.25, 0.3) is 0 Å². The number of hydrogen-bond acceptors (Lipinski definition) is 5. The van der Waals surface area contributed by atoms with Crippen LogP contribution in [0.2, 0.25) is 0 Å². The van der Waals surface area contributed by atoms with E-state index in [4.69, 9.17) is 4.98 Å². The summed E-state index contributed by atoms with van der Waals surface area (Å²) in [4.78, 5) is 21.9. The third-order valence-corrected chi connectivity index (χ3v) is 9.11. The fourth-order valence-corrected chi connectivity index (χ4v) is 6.79. The van der Waals surface area contributed by atoms with Crippen LogP contribution in [-0.2, 0) is 29.1 Å². The lowest BCUT2D eigenvalue weighted by atomic mass is 9.93. The predicted octanol–water partition coefficient (Wildman–Crippen LogP) is 4.75. The second kappa shape index (κ2) is 8.78. The van der Waals surface area contributed by atoms with Crippen LogP contribution in [0.3, 0.4) is 0 Å². The topological polar surface area (TPSA) is 114 Å². The van der Waals surface area contributed by atoms with Crippen LogP contribution in [0.5, 0.6) is 0 Å². The smallest absolute Gasteiger partial charge is 0.329 e. The quantitative estimate of drug-likeness (QED) is 0.334. The minimum Gasteiger partial charge on any atom is -0.339 e. The van der Waals surface area contributed by atoms with Gasteiger partial charge in [0, 0.05) is 47.5 Å². The number of imidazole rings is 1. The average Bonchev–Trinajstić information content (AvgIpc) is 3.30. The van der Waals surface area contributed by atoms with Gasteiger partial charge in [-0.1, -0.05) is 37.1 Å². The first kappa shape index (κ1) is 24.1. The van der Waals surface area contributed by atoms with E-state index in [9.17, 15) is 14.3 Å². The Kier molecular flexibility index (Phi) is 5.42. The zero-order chi connectivity index (χ0) is 26.9. The number of nitrogens with zero attached hydrogens (tertiary/aromatic N) is 6. The number of fused-ring (bicyclic) bond motifs is 3. The van der Waals surface area contributed by atoms with E-state index in [-0.39, 0.29) is 17.1 Å². The Morgan fingerprint density at radius 3 is 2.56 bits per heavy atom. The first-order valence-electron chi connectivity index (χ1n) is 13.4. The maximum atomic E-state index is 13.6. The van der Waals surface area contributed by atoms with Gasteiger partial charge in [-0.05, 0) is 36.8 Å². The Morgan fingerprint density at radius 2 is 1.90 bits per heavy atom. The van der Waals surface area contributed by atoms with Gasteiger partial charge < -0.3 is 4.98 Å². The molecule has 0 bridgehead atoms. The summed E-state index contributed by atoms with van der Waals surface area (Å²) in [6, 6.07) is 10.9. The van der Waals surface area contributed by atoms with Crippen LogP contribution in [0.25, 0.3) is 44.5 Å². The van der Waals surface area contributed by atoms with E-state index in [2.05, 4.69) is 40.4 Å². The number of benzene rings is 1. The maximum Gasteiger partial charge on any atom is 0.329 e. The van der Waals surface area contributed by atoms with E-state index in [1.807, 2.05) is 17.8 Å². The van der Waals surface area contributed by atoms with E-state index in [1.54, 1.807) is 27.9 Å². The Hall–Kier alpha value is -3.97. The molecule has 1 aromatic carbocycles. The number of nitriles is 1. The van der Waals surface area contributed by atoms with Gasteiger partial charge in [-0.3, -0.25) is 18.0 Å². The molecule has 4 aromatic heterocycles. The summed E-state index contributed by atoms with van der Waals surface area (Å²) in [6.45, 7) is 0. The molecule has 1 unspecified atom stereocenters. The molecule has 10 heteroatoms. The summed E-state index contributed by atoms with van der Waals surface area (Å²) in [5.74, 6) is 0.308. The van der Waals surface area contributed by atoms with Crippen molar-refractivity contribution >= 4 is 32.9 Å². The molecular weight excluding hydrogens is 510 g/mol. The first-order valence-corrected chi connectivity index (χ1v) is 15.1. The average molecular weight is 540 g/mol. The number of aromatic amines is 1. The molecule has 2 saturated carbocycles. The Bertz CT molecular complexity index is 1870. The van der Waals surface area contributed by atoms with E-state index in [0.29, 0.717) is 11.5 Å². The van der Waals surface area contributed by atoms with Gasteiger partial charge >= 0.3 is 5.69 Å². The van der Waals surface area contributed by atoms with Gasteiger partial charge in [-0.15, -0.1) is 0 Å². The summed E-state index contributed by atoms with van der Waals surface area (Å²) in [5, 5.41) is 15.1. The molecule has 0 amide bonds. The van der Waals surface area contributed by atoms with Crippen molar-refractivity contribution in [1.29, 1.82) is 5.26 Å². The van der Waals surface area contributed by atoms with E-state index in [0.717, 1.165) is 82.9 Å². The molecule has 0 saturated heterocycles. The van der Waals surface area contributed by atoms with E-state index in [1.165, 1.54) is 0 Å². The Morgan fingerprint density at radius 1 is 1.15 bits per heavy atom. The molecule has 1 atom stereocenters. The van der Waals surface area contributed by atoms with Crippen molar-refractivity contribution in [2.75, 3.05) is 6.26 Å². The molecule has 1 N–H and O–H groups in total. The van der Waals surface area contributed by atoms with Gasteiger partial charge in [0.2, 0.25) is 0 Å². The number of rotatable bonds is 6. The van der Waals surface area contributed by atoms with Crippen molar-refractivity contribution in [2.45, 2.75) is 55.9 Å². The van der Waals surface area contributed by atoms with Crippen molar-refractivity contribution in [3.05, 3.63) is 58.9 Å². The molecule has 0 radical (unpaired) electrons. The van der Waals surface area contributed by atoms with Gasteiger partial charge in [0.15, 0.2) is 0 Å². The van der Waals surface area contributed by atoms with Crippen LogP contribution < -0.4 is 5.69 Å². The summed E-state index contributed by atoms with van der Waals surface area (Å²) in [5.41, 5.74) is 6.70. The van der Waals surface area contributed by atoms with Crippen molar-refractivity contribution in [2.24, 2.45) is 7.05 Å². The summed E-state index contributed by atoms with van der Waals surface area (Å²) in [6.07, 6.45) is 13.1. The predicted molar refractivity (Wildman–Crippen MR) is 152 cm³/mol. The number of aromatic nitrogens is 6. The minimum absolute atomic E-state index is 0.0156. The zero-order valence-electron chi connectivity index (χ0n) is 22.0. The lowest BCUT2D eigenvalue weighted by Gasteiger charge is -2.13. The van der Waals surface area contributed by atoms with Crippen molar-refractivity contribution < 1.29 is 4.21 Å². The number of aryl methyl sites for hydroxylation is 1. The van der Waals surface area contributed by atoms with Gasteiger partial charge in [0.05, 0.1) is 46.0 Å². The zero-order valence-corrected chi connectivity index (χ0v) is 22.8. The highest BCUT2D eigenvalue weighted by Gasteiger charge is 2.44. The van der Waals surface area contributed by atoms with Crippen LogP contribution in [0.4, 0.5) is 0 Å². The third-order valence-electron chi connectivity index (χ3n) is 8.49. The van der Waals surface area contributed by atoms with Crippen LogP contribution >= 0.6 is 0 Å². The molecule has 0 spiro atoms. The van der Waals surface area contributed by atoms with E-state index < -0.39 is 10.8 Å². The highest BCUT2D eigenvalue weighted by molar-refractivity contribution is 7.83. The molecule has 5 aromatic rings. The largest absolute Gasteiger partial charge is 0.339 e. The van der Waals surface area contributed by atoms with Crippen LogP contribution in [0.1, 0.15) is 50.1 Å². The van der Waals surface area contributed by atoms with Crippen molar-refractivity contribution in [3.63, 3.8) is 0 Å². The Labute approximate surface area is 227 Å². The molecule has 2 aliphatic rings. The summed E-state index contributed by atoms with van der Waals surface area (Å²) in [7, 11) is 0.783. The number of H-pyrrole nitrogens is 1. The fraction of sp³-hybridized carbons (Fsp3) is 0.379. The molecule has 198 valence electrons. The second-order valence-electron chi connectivity index (χ2n) is 11.0. The lowest BCUT2D eigenvalue weighted by molar-refractivity contribution is 0.510. The summed E-state index contributed by atoms with van der Waals surface area (Å²) < 4.78 is 17.2. The number of hydrogen-bond donors (Lipinski definition) is 1. The van der Waals surface area contributed by atoms with Gasteiger partial charge in [0.1, 0.15) is 11.5 Å². The monoisotopic (exact) mass is 539 g/mol. The SMILES string of the molecule is Cn1c(=O)n(C2CCCC2)c2c3c(-c4ccc(C5(C#N)CC5)cc4)c(-c4cnn(CS(C)=O)c4)[nH]c3ncc21. The molecule has 0 aliphatic heterocycles. The summed E-state index contributed by atoms with van der Waals surface area (Å²) >= 11 is 0. The van der Waals surface area contributed by atoms with E-state index >= 15 is 0 Å². The van der Waals surface area contributed by atoms with Crippen LogP contribution in [-0.4, -0.2) is 39.3 Å². The minimum atomic E-state index is -1.03. The second-order valence-corrected chi connectivity index (χ2v) is 12.4. The normalized spacial score (nSPS) is 17.7. The molecule has 2 aliphatic carbocycles. The number of nitrogens with one attached hydrogen (secondary N) is 1.